The number of ketones is 1. The molecule has 0 radical (unpaired) electrons. The third-order valence-electron chi connectivity index (χ3n) is 5.73. The zero-order valence-electron chi connectivity index (χ0n) is 18.2. The lowest BCUT2D eigenvalue weighted by Crippen LogP contribution is -2.33. The van der Waals surface area contributed by atoms with E-state index < -0.39 is 0 Å². The molecule has 0 aliphatic heterocycles. The molecule has 1 atom stereocenters. The summed E-state index contributed by atoms with van der Waals surface area (Å²) in [6, 6.07) is 10.1. The minimum atomic E-state index is 0.145. The van der Waals surface area contributed by atoms with Crippen LogP contribution in [0.1, 0.15) is 44.0 Å². The van der Waals surface area contributed by atoms with Gasteiger partial charge in [-0.15, -0.1) is 11.3 Å². The van der Waals surface area contributed by atoms with Crippen LogP contribution in [0.15, 0.2) is 54.3 Å². The lowest BCUT2D eigenvalue weighted by molar-refractivity contribution is 0.0964. The van der Waals surface area contributed by atoms with Crippen molar-refractivity contribution in [1.29, 1.82) is 0 Å². The van der Waals surface area contributed by atoms with E-state index in [9.17, 15) is 4.79 Å². The summed E-state index contributed by atoms with van der Waals surface area (Å²) < 4.78 is 1.74. The van der Waals surface area contributed by atoms with Crippen LogP contribution in [-0.4, -0.2) is 49.4 Å². The Kier molecular flexibility index (Phi) is 6.53. The van der Waals surface area contributed by atoms with E-state index in [0.717, 1.165) is 41.3 Å². The quantitative estimate of drug-likeness (QED) is 0.339. The molecule has 0 aromatic carbocycles. The first-order valence-corrected chi connectivity index (χ1v) is 11.6. The van der Waals surface area contributed by atoms with Gasteiger partial charge in [0.1, 0.15) is 0 Å². The minimum Gasteiger partial charge on any atom is -0.301 e. The SMILES string of the molecule is CCN(CC)C(C)CCC(=O)c1ccnc(-c2cnn3ccc(-c4cccs4)nc23)c1. The predicted molar refractivity (Wildman–Crippen MR) is 125 cm³/mol. The molecule has 4 aromatic heterocycles. The topological polar surface area (TPSA) is 63.4 Å². The highest BCUT2D eigenvalue weighted by atomic mass is 32.1. The summed E-state index contributed by atoms with van der Waals surface area (Å²) in [5.74, 6) is 0.145. The first-order chi connectivity index (χ1) is 15.1. The molecule has 0 saturated heterocycles. The van der Waals surface area contributed by atoms with Gasteiger partial charge in [-0.2, -0.15) is 5.10 Å². The van der Waals surface area contributed by atoms with Crippen LogP contribution in [0.2, 0.25) is 0 Å². The Morgan fingerprint density at radius 1 is 1.19 bits per heavy atom. The second-order valence-electron chi connectivity index (χ2n) is 7.58. The number of carbonyl (C=O) groups is 1. The van der Waals surface area contributed by atoms with Crippen molar-refractivity contribution < 1.29 is 4.79 Å². The molecular formula is C24H27N5OS. The smallest absolute Gasteiger partial charge is 0.165 e. The van der Waals surface area contributed by atoms with E-state index in [0.29, 0.717) is 23.7 Å². The number of rotatable bonds is 9. The number of nitrogens with zero attached hydrogens (tertiary/aromatic N) is 5. The van der Waals surface area contributed by atoms with Crippen LogP contribution in [0.3, 0.4) is 0 Å². The normalized spacial score (nSPS) is 12.5. The first kappa shape index (κ1) is 21.3. The molecule has 7 heteroatoms. The minimum absolute atomic E-state index is 0.145. The summed E-state index contributed by atoms with van der Waals surface area (Å²) in [4.78, 5) is 25.7. The average molecular weight is 434 g/mol. The lowest BCUT2D eigenvalue weighted by atomic mass is 10.0. The third-order valence-corrected chi connectivity index (χ3v) is 6.62. The van der Waals surface area contributed by atoms with E-state index in [2.05, 4.69) is 41.8 Å². The van der Waals surface area contributed by atoms with Crippen molar-refractivity contribution in [2.45, 2.75) is 39.7 Å². The summed E-state index contributed by atoms with van der Waals surface area (Å²) in [5, 5.41) is 6.45. The van der Waals surface area contributed by atoms with Crippen molar-refractivity contribution in [3.63, 3.8) is 0 Å². The molecule has 0 bridgehead atoms. The fraction of sp³-hybridized carbons (Fsp3) is 0.333. The molecule has 0 fully saturated rings. The zero-order chi connectivity index (χ0) is 21.8. The van der Waals surface area contributed by atoms with Crippen molar-refractivity contribution in [3.05, 3.63) is 59.9 Å². The van der Waals surface area contributed by atoms with Crippen molar-refractivity contribution in [2.75, 3.05) is 13.1 Å². The second kappa shape index (κ2) is 9.49. The van der Waals surface area contributed by atoms with Crippen LogP contribution < -0.4 is 0 Å². The summed E-state index contributed by atoms with van der Waals surface area (Å²) in [5.41, 5.74) is 3.86. The number of aromatic nitrogens is 4. The number of thiophene rings is 1. The van der Waals surface area contributed by atoms with Gasteiger partial charge in [0.05, 0.1) is 28.0 Å². The van der Waals surface area contributed by atoms with Gasteiger partial charge in [-0.05, 0) is 56.1 Å². The molecule has 160 valence electrons. The van der Waals surface area contributed by atoms with Gasteiger partial charge in [0, 0.05) is 30.4 Å². The Hall–Kier alpha value is -2.90. The van der Waals surface area contributed by atoms with Gasteiger partial charge in [-0.1, -0.05) is 19.9 Å². The molecule has 0 amide bonds. The summed E-state index contributed by atoms with van der Waals surface area (Å²) in [7, 11) is 0. The molecule has 1 unspecified atom stereocenters. The molecule has 4 rings (SSSR count). The predicted octanol–water partition coefficient (Wildman–Crippen LogP) is 5.21. The van der Waals surface area contributed by atoms with Crippen molar-refractivity contribution >= 4 is 22.8 Å². The average Bonchev–Trinajstić information content (AvgIpc) is 3.48. The Labute approximate surface area is 186 Å². The molecule has 0 aliphatic rings. The Morgan fingerprint density at radius 2 is 2.03 bits per heavy atom. The second-order valence-corrected chi connectivity index (χ2v) is 8.53. The van der Waals surface area contributed by atoms with Crippen molar-refractivity contribution in [1.82, 2.24) is 24.5 Å². The van der Waals surface area contributed by atoms with Crippen molar-refractivity contribution in [3.8, 4) is 21.8 Å². The monoisotopic (exact) mass is 433 g/mol. The van der Waals surface area contributed by atoms with E-state index in [1.165, 1.54) is 0 Å². The maximum Gasteiger partial charge on any atom is 0.165 e. The maximum atomic E-state index is 12.9. The van der Waals surface area contributed by atoms with Crippen LogP contribution >= 0.6 is 11.3 Å². The van der Waals surface area contributed by atoms with Crippen LogP contribution in [0.5, 0.6) is 0 Å². The Balaban J connectivity index is 1.57. The molecule has 6 nitrogen and oxygen atoms in total. The van der Waals surface area contributed by atoms with Gasteiger partial charge >= 0.3 is 0 Å². The summed E-state index contributed by atoms with van der Waals surface area (Å²) >= 11 is 1.65. The van der Waals surface area contributed by atoms with E-state index in [4.69, 9.17) is 4.98 Å². The number of hydrogen-bond acceptors (Lipinski definition) is 6. The molecule has 4 aromatic rings. The number of Topliss-reactive ketones (excluding diaryl/α,β-unsaturated/α-hetero) is 1. The van der Waals surface area contributed by atoms with E-state index in [1.54, 1.807) is 34.3 Å². The van der Waals surface area contributed by atoms with Crippen LogP contribution in [-0.2, 0) is 0 Å². The third kappa shape index (κ3) is 4.57. The fourth-order valence-electron chi connectivity index (χ4n) is 3.88. The fourth-order valence-corrected chi connectivity index (χ4v) is 4.57. The molecular weight excluding hydrogens is 406 g/mol. The standard InChI is InChI=1S/C24H27N5OS/c1-4-28(5-2)17(3)8-9-22(30)18-10-12-25-21(15-18)19-16-26-29-13-11-20(27-24(19)29)23-7-6-14-31-23/h6-7,10-17H,4-5,8-9H2,1-3H3. The Morgan fingerprint density at radius 3 is 2.77 bits per heavy atom. The van der Waals surface area contributed by atoms with Crippen LogP contribution in [0.4, 0.5) is 0 Å². The number of pyridine rings is 1. The highest BCUT2D eigenvalue weighted by molar-refractivity contribution is 7.13. The van der Waals surface area contributed by atoms with Gasteiger partial charge < -0.3 is 4.90 Å². The molecule has 0 saturated carbocycles. The van der Waals surface area contributed by atoms with E-state index in [1.807, 2.05) is 29.8 Å². The van der Waals surface area contributed by atoms with Crippen molar-refractivity contribution in [2.24, 2.45) is 0 Å². The molecule has 0 aliphatic carbocycles. The van der Waals surface area contributed by atoms with Crippen LogP contribution in [0.25, 0.3) is 27.5 Å². The van der Waals surface area contributed by atoms with Gasteiger partial charge in [0.15, 0.2) is 11.4 Å². The highest BCUT2D eigenvalue weighted by Gasteiger charge is 2.16. The van der Waals surface area contributed by atoms with Gasteiger partial charge in [-0.25, -0.2) is 9.50 Å². The highest BCUT2D eigenvalue weighted by Crippen LogP contribution is 2.27. The van der Waals surface area contributed by atoms with E-state index in [-0.39, 0.29) is 5.78 Å². The van der Waals surface area contributed by atoms with E-state index >= 15 is 0 Å². The molecule has 31 heavy (non-hydrogen) atoms. The van der Waals surface area contributed by atoms with Gasteiger partial charge in [0.2, 0.25) is 0 Å². The molecule has 0 spiro atoms. The number of carbonyl (C=O) groups excluding carboxylic acids is 1. The number of fused-ring (bicyclic) bond motifs is 1. The van der Waals surface area contributed by atoms with Crippen LogP contribution in [0, 0.1) is 0 Å². The first-order valence-electron chi connectivity index (χ1n) is 10.7. The molecule has 0 N–H and O–H groups in total. The Bertz CT molecular complexity index is 1160. The summed E-state index contributed by atoms with van der Waals surface area (Å²) in [6.07, 6.45) is 6.74. The summed E-state index contributed by atoms with van der Waals surface area (Å²) in [6.45, 7) is 8.51. The zero-order valence-corrected chi connectivity index (χ0v) is 19.0. The lowest BCUT2D eigenvalue weighted by Gasteiger charge is -2.26. The van der Waals surface area contributed by atoms with Gasteiger partial charge in [-0.3, -0.25) is 9.78 Å². The van der Waals surface area contributed by atoms with Gasteiger partial charge in [0.25, 0.3) is 0 Å². The molecule has 4 heterocycles. The number of hydrogen-bond donors (Lipinski definition) is 0. The maximum absolute atomic E-state index is 12.9. The largest absolute Gasteiger partial charge is 0.301 e.